The third-order valence-electron chi connectivity index (χ3n) is 7.71. The van der Waals surface area contributed by atoms with Gasteiger partial charge in [-0.3, -0.25) is 0 Å². The lowest BCUT2D eigenvalue weighted by atomic mass is 10.0. The molecule has 2 heteroatoms. The minimum Gasteiger partial charge on any atom is -0.309 e. The smallest absolute Gasteiger partial charge is 0.0541 e. The van der Waals surface area contributed by atoms with Crippen LogP contribution < -0.4 is 0 Å². The summed E-state index contributed by atoms with van der Waals surface area (Å²) in [4.78, 5) is 0. The molecule has 2 heterocycles. The highest BCUT2D eigenvalue weighted by Gasteiger charge is 2.15. The van der Waals surface area contributed by atoms with Crippen molar-refractivity contribution in [2.24, 2.45) is 0 Å². The number of rotatable bonds is 3. The fourth-order valence-corrected chi connectivity index (χ4v) is 6.02. The maximum absolute atomic E-state index is 2.37. The molecule has 0 aliphatic heterocycles. The Morgan fingerprint density at radius 3 is 1.11 bits per heavy atom. The van der Waals surface area contributed by atoms with Gasteiger partial charge in [0.25, 0.3) is 0 Å². The van der Waals surface area contributed by atoms with Crippen LogP contribution in [0, 0.1) is 0 Å². The molecule has 0 aliphatic carbocycles. The zero-order valence-electron chi connectivity index (χ0n) is 20.8. The molecule has 8 rings (SSSR count). The first-order chi connectivity index (χ1) is 18.9. The SMILES string of the molecule is c1ccc(-n2c3ccccc3c3cc(-c4ccc5c(c4)c4ccccc4n5-c4ccccc4)ccc32)cc1. The van der Waals surface area contributed by atoms with Crippen LogP contribution in [0.1, 0.15) is 0 Å². The van der Waals surface area contributed by atoms with Gasteiger partial charge in [0.15, 0.2) is 0 Å². The van der Waals surface area contributed by atoms with Crippen molar-refractivity contribution >= 4 is 43.6 Å². The van der Waals surface area contributed by atoms with Crippen LogP contribution in [0.25, 0.3) is 66.1 Å². The highest BCUT2D eigenvalue weighted by Crippen LogP contribution is 2.38. The molecule has 8 aromatic rings. The van der Waals surface area contributed by atoms with E-state index in [-0.39, 0.29) is 0 Å². The number of benzene rings is 6. The Kier molecular flexibility index (Phi) is 4.55. The summed E-state index contributed by atoms with van der Waals surface area (Å²) in [6.07, 6.45) is 0. The van der Waals surface area contributed by atoms with Gasteiger partial charge in [-0.25, -0.2) is 0 Å². The molecule has 0 spiro atoms. The van der Waals surface area contributed by atoms with Crippen molar-refractivity contribution in [3.63, 3.8) is 0 Å². The molecular formula is C36H24N2. The third-order valence-corrected chi connectivity index (χ3v) is 7.71. The standard InChI is InChI=1S/C36H24N2/c1-3-11-27(12-4-1)37-33-17-9-7-15-29(33)31-23-25(19-21-35(31)37)26-20-22-36-32(24-26)30-16-8-10-18-34(30)38(36)28-13-5-2-6-14-28/h1-24H. The summed E-state index contributed by atoms with van der Waals surface area (Å²) in [5, 5.41) is 5.09. The minimum absolute atomic E-state index is 1.18. The van der Waals surface area contributed by atoms with E-state index in [1.54, 1.807) is 0 Å². The molecule has 0 fully saturated rings. The summed E-state index contributed by atoms with van der Waals surface area (Å²) in [6, 6.07) is 52.4. The van der Waals surface area contributed by atoms with Crippen LogP contribution in [-0.4, -0.2) is 9.13 Å². The molecule has 178 valence electrons. The van der Waals surface area contributed by atoms with Crippen molar-refractivity contribution in [2.45, 2.75) is 0 Å². The van der Waals surface area contributed by atoms with Gasteiger partial charge in [-0.05, 0) is 71.8 Å². The van der Waals surface area contributed by atoms with Crippen LogP contribution in [0.3, 0.4) is 0 Å². The zero-order chi connectivity index (χ0) is 25.1. The van der Waals surface area contributed by atoms with E-state index in [2.05, 4.69) is 155 Å². The first kappa shape index (κ1) is 21.0. The predicted octanol–water partition coefficient (Wildman–Crippen LogP) is 9.55. The zero-order valence-corrected chi connectivity index (χ0v) is 20.8. The van der Waals surface area contributed by atoms with Gasteiger partial charge in [0, 0.05) is 32.9 Å². The summed E-state index contributed by atoms with van der Waals surface area (Å²) in [5.74, 6) is 0. The van der Waals surface area contributed by atoms with Gasteiger partial charge < -0.3 is 9.13 Å². The number of fused-ring (bicyclic) bond motifs is 6. The average molecular weight is 485 g/mol. The molecule has 38 heavy (non-hydrogen) atoms. The van der Waals surface area contributed by atoms with Crippen molar-refractivity contribution in [3.8, 4) is 22.5 Å². The van der Waals surface area contributed by atoms with Crippen LogP contribution >= 0.6 is 0 Å². The predicted molar refractivity (Wildman–Crippen MR) is 161 cm³/mol. The Hall–Kier alpha value is -5.08. The van der Waals surface area contributed by atoms with Crippen molar-refractivity contribution < 1.29 is 0 Å². The van der Waals surface area contributed by atoms with Crippen LogP contribution in [-0.2, 0) is 0 Å². The molecule has 0 saturated carbocycles. The Bertz CT molecular complexity index is 1960. The maximum atomic E-state index is 2.37. The lowest BCUT2D eigenvalue weighted by Crippen LogP contribution is -1.93. The van der Waals surface area contributed by atoms with E-state index in [0.717, 1.165) is 0 Å². The van der Waals surface area contributed by atoms with Crippen molar-refractivity contribution in [3.05, 3.63) is 146 Å². The lowest BCUT2D eigenvalue weighted by Gasteiger charge is -2.09. The summed E-state index contributed by atoms with van der Waals surface area (Å²) in [6.45, 7) is 0. The van der Waals surface area contributed by atoms with Gasteiger partial charge in [-0.1, -0.05) is 84.9 Å². The third kappa shape index (κ3) is 3.07. The Balaban J connectivity index is 1.36. The number of para-hydroxylation sites is 4. The fraction of sp³-hybridized carbons (Fsp3) is 0. The average Bonchev–Trinajstić information content (AvgIpc) is 3.50. The van der Waals surface area contributed by atoms with Crippen molar-refractivity contribution in [1.82, 2.24) is 9.13 Å². The van der Waals surface area contributed by atoms with E-state index >= 15 is 0 Å². The van der Waals surface area contributed by atoms with Gasteiger partial charge in [-0.2, -0.15) is 0 Å². The highest BCUT2D eigenvalue weighted by atomic mass is 15.0. The fourth-order valence-electron chi connectivity index (χ4n) is 6.02. The maximum Gasteiger partial charge on any atom is 0.0541 e. The van der Waals surface area contributed by atoms with Crippen LogP contribution in [0.15, 0.2) is 146 Å². The van der Waals surface area contributed by atoms with Crippen LogP contribution in [0.2, 0.25) is 0 Å². The minimum atomic E-state index is 1.18. The van der Waals surface area contributed by atoms with E-state index in [4.69, 9.17) is 0 Å². The molecule has 0 unspecified atom stereocenters. The molecular weight excluding hydrogens is 460 g/mol. The van der Waals surface area contributed by atoms with Gasteiger partial charge in [-0.15, -0.1) is 0 Å². The quantitative estimate of drug-likeness (QED) is 0.236. The number of hydrogen-bond donors (Lipinski definition) is 0. The van der Waals surface area contributed by atoms with Gasteiger partial charge in [0.1, 0.15) is 0 Å². The molecule has 0 amide bonds. The Morgan fingerprint density at radius 2 is 0.658 bits per heavy atom. The van der Waals surface area contributed by atoms with Gasteiger partial charge in [0.05, 0.1) is 22.1 Å². The van der Waals surface area contributed by atoms with Crippen LogP contribution in [0.4, 0.5) is 0 Å². The highest BCUT2D eigenvalue weighted by molar-refractivity contribution is 6.12. The normalized spacial score (nSPS) is 11.7. The number of hydrogen-bond acceptors (Lipinski definition) is 0. The molecule has 0 atom stereocenters. The second-order valence-corrected chi connectivity index (χ2v) is 9.84. The molecule has 0 aliphatic rings. The topological polar surface area (TPSA) is 9.86 Å². The van der Waals surface area contributed by atoms with Gasteiger partial charge >= 0.3 is 0 Å². The summed E-state index contributed by atoms with van der Waals surface area (Å²) in [7, 11) is 0. The second kappa shape index (κ2) is 8.22. The van der Waals surface area contributed by atoms with E-state index in [1.807, 2.05) is 0 Å². The van der Waals surface area contributed by atoms with Crippen LogP contribution in [0.5, 0.6) is 0 Å². The molecule has 0 radical (unpaired) electrons. The lowest BCUT2D eigenvalue weighted by molar-refractivity contribution is 1.18. The summed E-state index contributed by atoms with van der Waals surface area (Å²) >= 11 is 0. The van der Waals surface area contributed by atoms with Crippen molar-refractivity contribution in [1.29, 1.82) is 0 Å². The molecule has 0 bridgehead atoms. The Labute approximate surface area is 220 Å². The second-order valence-electron chi connectivity index (χ2n) is 9.84. The first-order valence-electron chi connectivity index (χ1n) is 13.0. The Morgan fingerprint density at radius 1 is 0.289 bits per heavy atom. The van der Waals surface area contributed by atoms with E-state index in [0.29, 0.717) is 0 Å². The largest absolute Gasteiger partial charge is 0.309 e. The van der Waals surface area contributed by atoms with Gasteiger partial charge in [0.2, 0.25) is 0 Å². The first-order valence-corrected chi connectivity index (χ1v) is 13.0. The molecule has 2 aromatic heterocycles. The monoisotopic (exact) mass is 484 g/mol. The number of nitrogens with zero attached hydrogens (tertiary/aromatic N) is 2. The molecule has 0 N–H and O–H groups in total. The van der Waals surface area contributed by atoms with E-state index in [1.165, 1.54) is 66.1 Å². The number of aromatic nitrogens is 2. The van der Waals surface area contributed by atoms with E-state index < -0.39 is 0 Å². The molecule has 0 saturated heterocycles. The molecule has 6 aromatic carbocycles. The molecule has 2 nitrogen and oxygen atoms in total. The van der Waals surface area contributed by atoms with Crippen molar-refractivity contribution in [2.75, 3.05) is 0 Å². The summed E-state index contributed by atoms with van der Waals surface area (Å²) < 4.78 is 4.73. The van der Waals surface area contributed by atoms with E-state index in [9.17, 15) is 0 Å². The summed E-state index contributed by atoms with van der Waals surface area (Å²) in [5.41, 5.74) is 9.73.